The number of aromatic nitrogens is 2. The summed E-state index contributed by atoms with van der Waals surface area (Å²) in [5.41, 5.74) is 1.93. The fraction of sp³-hybridized carbons (Fsp3) is 0.250. The largest absolute Gasteiger partial charge is 0.368 e. The van der Waals surface area contributed by atoms with Crippen LogP contribution in [0.1, 0.15) is 5.69 Å². The SMILES string of the molecule is O=C(Cc1csc(Nc2ccccn2)n1)N1CCN(c2ccc(Cl)cc2)CC1. The van der Waals surface area contributed by atoms with Gasteiger partial charge in [-0.25, -0.2) is 9.97 Å². The second-order valence-electron chi connectivity index (χ2n) is 6.51. The molecular weight excluding hydrogens is 394 g/mol. The summed E-state index contributed by atoms with van der Waals surface area (Å²) in [6, 6.07) is 13.5. The van der Waals surface area contributed by atoms with Gasteiger partial charge < -0.3 is 15.1 Å². The summed E-state index contributed by atoms with van der Waals surface area (Å²) >= 11 is 7.43. The third-order valence-corrected chi connectivity index (χ3v) is 5.67. The number of carbonyl (C=O) groups is 1. The van der Waals surface area contributed by atoms with Crippen molar-refractivity contribution >= 4 is 45.5 Å². The first-order chi connectivity index (χ1) is 13.7. The molecule has 6 nitrogen and oxygen atoms in total. The van der Waals surface area contributed by atoms with E-state index in [9.17, 15) is 4.79 Å². The van der Waals surface area contributed by atoms with E-state index in [0.717, 1.165) is 40.4 Å². The highest BCUT2D eigenvalue weighted by molar-refractivity contribution is 7.13. The molecule has 2 aromatic heterocycles. The van der Waals surface area contributed by atoms with Crippen molar-refractivity contribution in [3.05, 3.63) is 64.8 Å². The lowest BCUT2D eigenvalue weighted by molar-refractivity contribution is -0.130. The van der Waals surface area contributed by atoms with E-state index < -0.39 is 0 Å². The number of piperazine rings is 1. The smallest absolute Gasteiger partial charge is 0.228 e. The van der Waals surface area contributed by atoms with Crippen LogP contribution in [0.3, 0.4) is 0 Å². The van der Waals surface area contributed by atoms with Gasteiger partial charge in [-0.3, -0.25) is 4.79 Å². The number of carbonyl (C=O) groups excluding carboxylic acids is 1. The van der Waals surface area contributed by atoms with Crippen LogP contribution in [0, 0.1) is 0 Å². The van der Waals surface area contributed by atoms with Gasteiger partial charge in [0.2, 0.25) is 5.91 Å². The number of hydrogen-bond donors (Lipinski definition) is 1. The fourth-order valence-corrected chi connectivity index (χ4v) is 3.97. The van der Waals surface area contributed by atoms with Crippen LogP contribution in [0.2, 0.25) is 5.02 Å². The van der Waals surface area contributed by atoms with Gasteiger partial charge in [0.05, 0.1) is 12.1 Å². The number of nitrogens with zero attached hydrogens (tertiary/aromatic N) is 4. The van der Waals surface area contributed by atoms with Gasteiger partial charge >= 0.3 is 0 Å². The van der Waals surface area contributed by atoms with E-state index >= 15 is 0 Å². The molecule has 0 aliphatic carbocycles. The van der Waals surface area contributed by atoms with Crippen LogP contribution >= 0.6 is 22.9 Å². The molecule has 1 aliphatic rings. The van der Waals surface area contributed by atoms with Crippen molar-refractivity contribution in [3.63, 3.8) is 0 Å². The average molecular weight is 414 g/mol. The minimum Gasteiger partial charge on any atom is -0.368 e. The number of amides is 1. The molecule has 8 heteroatoms. The molecule has 0 radical (unpaired) electrons. The highest BCUT2D eigenvalue weighted by atomic mass is 35.5. The molecule has 3 aromatic rings. The van der Waals surface area contributed by atoms with E-state index in [1.807, 2.05) is 52.7 Å². The zero-order chi connectivity index (χ0) is 19.3. The Kier molecular flexibility index (Phi) is 5.73. The molecule has 1 aliphatic heterocycles. The monoisotopic (exact) mass is 413 g/mol. The topological polar surface area (TPSA) is 61.4 Å². The van der Waals surface area contributed by atoms with Crippen molar-refractivity contribution in [1.29, 1.82) is 0 Å². The summed E-state index contributed by atoms with van der Waals surface area (Å²) in [6.07, 6.45) is 2.05. The van der Waals surface area contributed by atoms with Gasteiger partial charge in [0.1, 0.15) is 5.82 Å². The molecule has 4 rings (SSSR count). The molecule has 1 N–H and O–H groups in total. The van der Waals surface area contributed by atoms with E-state index in [1.54, 1.807) is 6.20 Å². The number of nitrogens with one attached hydrogen (secondary N) is 1. The highest BCUT2D eigenvalue weighted by Crippen LogP contribution is 2.22. The van der Waals surface area contributed by atoms with Gasteiger partial charge in [0.15, 0.2) is 5.13 Å². The Bertz CT molecular complexity index is 923. The molecule has 144 valence electrons. The summed E-state index contributed by atoms with van der Waals surface area (Å²) in [5, 5.41) is 6.56. The Morgan fingerprint density at radius 3 is 2.61 bits per heavy atom. The normalized spacial score (nSPS) is 14.2. The number of rotatable bonds is 5. The van der Waals surface area contributed by atoms with Crippen LogP contribution < -0.4 is 10.2 Å². The second kappa shape index (κ2) is 8.58. The van der Waals surface area contributed by atoms with E-state index in [2.05, 4.69) is 20.2 Å². The first kappa shape index (κ1) is 18.7. The van der Waals surface area contributed by atoms with Crippen LogP contribution in [-0.4, -0.2) is 47.0 Å². The molecule has 0 saturated carbocycles. The molecule has 1 aromatic carbocycles. The van der Waals surface area contributed by atoms with Crippen molar-refractivity contribution < 1.29 is 4.79 Å². The Morgan fingerprint density at radius 2 is 1.89 bits per heavy atom. The van der Waals surface area contributed by atoms with Crippen LogP contribution in [0.5, 0.6) is 0 Å². The van der Waals surface area contributed by atoms with Crippen LogP contribution in [0.15, 0.2) is 54.0 Å². The number of thiazole rings is 1. The quantitative estimate of drug-likeness (QED) is 0.688. The van der Waals surface area contributed by atoms with Crippen LogP contribution in [0.25, 0.3) is 0 Å². The van der Waals surface area contributed by atoms with E-state index in [-0.39, 0.29) is 5.91 Å². The predicted molar refractivity (Wildman–Crippen MR) is 114 cm³/mol. The van der Waals surface area contributed by atoms with Crippen molar-refractivity contribution in [2.45, 2.75) is 6.42 Å². The lowest BCUT2D eigenvalue weighted by Gasteiger charge is -2.36. The fourth-order valence-electron chi connectivity index (χ4n) is 3.12. The first-order valence-electron chi connectivity index (χ1n) is 9.08. The van der Waals surface area contributed by atoms with E-state index in [0.29, 0.717) is 19.5 Å². The Morgan fingerprint density at radius 1 is 1.11 bits per heavy atom. The molecule has 28 heavy (non-hydrogen) atoms. The summed E-state index contributed by atoms with van der Waals surface area (Å²) in [4.78, 5) is 25.6. The zero-order valence-electron chi connectivity index (χ0n) is 15.2. The molecule has 0 bridgehead atoms. The van der Waals surface area contributed by atoms with Gasteiger partial charge in [0.25, 0.3) is 0 Å². The van der Waals surface area contributed by atoms with Crippen molar-refractivity contribution in [2.75, 3.05) is 36.4 Å². The van der Waals surface area contributed by atoms with Gasteiger partial charge in [0, 0.05) is 48.5 Å². The Labute approximate surface area is 172 Å². The molecule has 1 saturated heterocycles. The molecule has 0 unspecified atom stereocenters. The Hall–Kier alpha value is -2.64. The third kappa shape index (κ3) is 4.61. The number of anilines is 3. The van der Waals surface area contributed by atoms with Crippen molar-refractivity contribution in [1.82, 2.24) is 14.9 Å². The van der Waals surface area contributed by atoms with E-state index in [1.165, 1.54) is 11.3 Å². The number of hydrogen-bond acceptors (Lipinski definition) is 6. The lowest BCUT2D eigenvalue weighted by Crippen LogP contribution is -2.49. The lowest BCUT2D eigenvalue weighted by atomic mass is 10.2. The zero-order valence-corrected chi connectivity index (χ0v) is 16.8. The number of benzene rings is 1. The molecule has 0 atom stereocenters. The summed E-state index contributed by atoms with van der Waals surface area (Å²) in [7, 11) is 0. The van der Waals surface area contributed by atoms with Gasteiger partial charge in [-0.2, -0.15) is 0 Å². The third-order valence-electron chi connectivity index (χ3n) is 4.61. The van der Waals surface area contributed by atoms with Crippen molar-refractivity contribution in [2.24, 2.45) is 0 Å². The molecule has 1 amide bonds. The molecule has 0 spiro atoms. The maximum atomic E-state index is 12.6. The van der Waals surface area contributed by atoms with Gasteiger partial charge in [-0.1, -0.05) is 17.7 Å². The highest BCUT2D eigenvalue weighted by Gasteiger charge is 2.22. The van der Waals surface area contributed by atoms with Gasteiger partial charge in [-0.15, -0.1) is 11.3 Å². The summed E-state index contributed by atoms with van der Waals surface area (Å²) in [5.74, 6) is 0.860. The minimum absolute atomic E-state index is 0.116. The standard InChI is InChI=1S/C20H20ClN5OS/c21-15-4-6-17(7-5-15)25-9-11-26(12-10-25)19(27)13-16-14-28-20(23-16)24-18-3-1-2-8-22-18/h1-8,14H,9-13H2,(H,22,23,24). The number of pyridine rings is 1. The first-order valence-corrected chi connectivity index (χ1v) is 10.3. The molecule has 1 fully saturated rings. The summed E-state index contributed by atoms with van der Waals surface area (Å²) < 4.78 is 0. The van der Waals surface area contributed by atoms with Crippen LogP contribution in [-0.2, 0) is 11.2 Å². The second-order valence-corrected chi connectivity index (χ2v) is 7.80. The maximum absolute atomic E-state index is 12.6. The van der Waals surface area contributed by atoms with Gasteiger partial charge in [-0.05, 0) is 36.4 Å². The number of halogens is 1. The Balaban J connectivity index is 1.29. The average Bonchev–Trinajstić information content (AvgIpc) is 3.16. The van der Waals surface area contributed by atoms with Crippen LogP contribution in [0.4, 0.5) is 16.6 Å². The maximum Gasteiger partial charge on any atom is 0.228 e. The van der Waals surface area contributed by atoms with Crippen molar-refractivity contribution in [3.8, 4) is 0 Å². The molecule has 3 heterocycles. The minimum atomic E-state index is 0.116. The van der Waals surface area contributed by atoms with E-state index in [4.69, 9.17) is 11.6 Å². The summed E-state index contributed by atoms with van der Waals surface area (Å²) in [6.45, 7) is 3.06. The molecular formula is C20H20ClN5OS. The predicted octanol–water partition coefficient (Wildman–Crippen LogP) is 3.83.